The summed E-state index contributed by atoms with van der Waals surface area (Å²) in [5.41, 5.74) is 0. The molecule has 9 heteroatoms. The lowest BCUT2D eigenvalue weighted by atomic mass is 10.2. The van der Waals surface area contributed by atoms with Gasteiger partial charge in [-0.25, -0.2) is 18.0 Å². The fourth-order valence-corrected chi connectivity index (χ4v) is 2.96. The lowest BCUT2D eigenvalue weighted by molar-refractivity contribution is -0.146. The standard InChI is InChI=1S/C10H18N2O6S/c13-8(9(14)15)2-3-11-10(16)12-4-1-6-19(17,18)7-5-12/h8,13H,1-7H2,(H,11,16)(H,14,15)/t8-/m0/s1. The van der Waals surface area contributed by atoms with E-state index >= 15 is 0 Å². The molecular formula is C10H18N2O6S. The summed E-state index contributed by atoms with van der Waals surface area (Å²) in [6.45, 7) is 0.512. The van der Waals surface area contributed by atoms with Gasteiger partial charge in [-0.05, 0) is 6.42 Å². The van der Waals surface area contributed by atoms with Crippen molar-refractivity contribution in [3.05, 3.63) is 0 Å². The maximum atomic E-state index is 11.7. The first-order valence-electron chi connectivity index (χ1n) is 5.96. The summed E-state index contributed by atoms with van der Waals surface area (Å²) < 4.78 is 22.7. The van der Waals surface area contributed by atoms with Crippen molar-refractivity contribution >= 4 is 21.8 Å². The van der Waals surface area contributed by atoms with Gasteiger partial charge in [-0.3, -0.25) is 0 Å². The van der Waals surface area contributed by atoms with Crippen LogP contribution in [0.2, 0.25) is 0 Å². The predicted molar refractivity (Wildman–Crippen MR) is 66.5 cm³/mol. The molecule has 0 aliphatic carbocycles. The van der Waals surface area contributed by atoms with Crippen molar-refractivity contribution in [3.8, 4) is 0 Å². The van der Waals surface area contributed by atoms with Crippen molar-refractivity contribution in [2.45, 2.75) is 18.9 Å². The molecule has 8 nitrogen and oxygen atoms in total. The van der Waals surface area contributed by atoms with Gasteiger partial charge in [0.15, 0.2) is 15.9 Å². The number of aliphatic hydroxyl groups excluding tert-OH is 1. The minimum Gasteiger partial charge on any atom is -0.479 e. The predicted octanol–water partition coefficient (Wildman–Crippen LogP) is -1.35. The van der Waals surface area contributed by atoms with Crippen LogP contribution in [0.3, 0.4) is 0 Å². The summed E-state index contributed by atoms with van der Waals surface area (Å²) in [5, 5.41) is 19.9. The van der Waals surface area contributed by atoms with Crippen LogP contribution in [-0.2, 0) is 14.6 Å². The third-order valence-corrected chi connectivity index (χ3v) is 4.54. The second-order valence-electron chi connectivity index (χ2n) is 4.37. The number of rotatable bonds is 4. The number of nitrogens with zero attached hydrogens (tertiary/aromatic N) is 1. The monoisotopic (exact) mass is 294 g/mol. The Hall–Kier alpha value is -1.35. The number of carbonyl (C=O) groups excluding carboxylic acids is 1. The summed E-state index contributed by atoms with van der Waals surface area (Å²) >= 11 is 0. The van der Waals surface area contributed by atoms with Crippen molar-refractivity contribution in [1.29, 1.82) is 0 Å². The van der Waals surface area contributed by atoms with E-state index in [0.717, 1.165) is 0 Å². The van der Waals surface area contributed by atoms with Crippen molar-refractivity contribution in [1.82, 2.24) is 10.2 Å². The lowest BCUT2D eigenvalue weighted by Gasteiger charge is -2.20. The molecule has 1 fully saturated rings. The molecule has 0 aromatic carbocycles. The largest absolute Gasteiger partial charge is 0.479 e. The van der Waals surface area contributed by atoms with Crippen LogP contribution in [0.15, 0.2) is 0 Å². The molecule has 1 heterocycles. The number of amides is 2. The fourth-order valence-electron chi connectivity index (χ4n) is 1.69. The molecule has 1 aliphatic heterocycles. The Morgan fingerprint density at radius 3 is 2.58 bits per heavy atom. The van der Waals surface area contributed by atoms with Crippen LogP contribution in [0.1, 0.15) is 12.8 Å². The first kappa shape index (κ1) is 15.7. The number of urea groups is 1. The Labute approximate surface area is 111 Å². The Morgan fingerprint density at radius 2 is 1.95 bits per heavy atom. The van der Waals surface area contributed by atoms with Crippen LogP contribution in [-0.4, -0.2) is 72.8 Å². The van der Waals surface area contributed by atoms with E-state index in [1.807, 2.05) is 0 Å². The van der Waals surface area contributed by atoms with Gasteiger partial charge in [0.2, 0.25) is 0 Å². The number of sulfone groups is 1. The number of carboxylic acids is 1. The maximum absolute atomic E-state index is 11.7. The molecule has 3 N–H and O–H groups in total. The van der Waals surface area contributed by atoms with Crippen molar-refractivity contribution in [3.63, 3.8) is 0 Å². The molecule has 1 atom stereocenters. The lowest BCUT2D eigenvalue weighted by Crippen LogP contribution is -2.42. The summed E-state index contributed by atoms with van der Waals surface area (Å²) in [7, 11) is -3.07. The summed E-state index contributed by atoms with van der Waals surface area (Å²) in [6.07, 6.45) is -1.20. The summed E-state index contributed by atoms with van der Waals surface area (Å²) in [5.74, 6) is -1.32. The summed E-state index contributed by atoms with van der Waals surface area (Å²) in [6, 6.07) is -0.435. The minimum absolute atomic E-state index is 0.0234. The molecule has 19 heavy (non-hydrogen) atoms. The van der Waals surface area contributed by atoms with E-state index in [9.17, 15) is 18.0 Å². The summed E-state index contributed by atoms with van der Waals surface area (Å²) in [4.78, 5) is 23.4. The molecule has 0 spiro atoms. The van der Waals surface area contributed by atoms with E-state index < -0.39 is 27.9 Å². The number of hydrogen-bond acceptors (Lipinski definition) is 5. The smallest absolute Gasteiger partial charge is 0.332 e. The van der Waals surface area contributed by atoms with Gasteiger partial charge in [-0.2, -0.15) is 0 Å². The molecule has 1 aliphatic rings. The second-order valence-corrected chi connectivity index (χ2v) is 6.67. The fraction of sp³-hybridized carbons (Fsp3) is 0.800. The zero-order valence-electron chi connectivity index (χ0n) is 10.4. The van der Waals surface area contributed by atoms with E-state index in [0.29, 0.717) is 13.0 Å². The van der Waals surface area contributed by atoms with Gasteiger partial charge >= 0.3 is 12.0 Å². The van der Waals surface area contributed by atoms with Crippen LogP contribution in [0.5, 0.6) is 0 Å². The molecule has 0 radical (unpaired) electrons. The topological polar surface area (TPSA) is 124 Å². The van der Waals surface area contributed by atoms with Crippen LogP contribution in [0.25, 0.3) is 0 Å². The zero-order valence-corrected chi connectivity index (χ0v) is 11.2. The number of aliphatic carboxylic acids is 1. The molecule has 1 saturated heterocycles. The van der Waals surface area contributed by atoms with E-state index in [1.54, 1.807) is 0 Å². The number of aliphatic hydroxyl groups is 1. The van der Waals surface area contributed by atoms with Gasteiger partial charge in [0.05, 0.1) is 11.5 Å². The molecule has 1 rings (SSSR count). The van der Waals surface area contributed by atoms with Gasteiger partial charge in [-0.1, -0.05) is 0 Å². The van der Waals surface area contributed by atoms with Crippen LogP contribution in [0.4, 0.5) is 4.79 Å². The number of carboxylic acid groups (broad SMARTS) is 1. The average Bonchev–Trinajstić information content (AvgIpc) is 2.49. The SMILES string of the molecule is O=C(O)[C@@H](O)CCNC(=O)N1CCCS(=O)(=O)CC1. The molecule has 110 valence electrons. The maximum Gasteiger partial charge on any atom is 0.332 e. The molecular weight excluding hydrogens is 276 g/mol. The minimum atomic E-state index is -3.07. The molecule has 2 amide bonds. The number of carbonyl (C=O) groups is 2. The second kappa shape index (κ2) is 6.71. The third kappa shape index (κ3) is 5.43. The zero-order chi connectivity index (χ0) is 14.5. The van der Waals surface area contributed by atoms with E-state index in [1.165, 1.54) is 4.90 Å². The normalized spacial score (nSPS) is 20.4. The van der Waals surface area contributed by atoms with Gasteiger partial charge in [0.1, 0.15) is 0 Å². The molecule has 0 saturated carbocycles. The van der Waals surface area contributed by atoms with Gasteiger partial charge in [-0.15, -0.1) is 0 Å². The van der Waals surface area contributed by atoms with E-state index in [-0.39, 0.29) is 31.0 Å². The van der Waals surface area contributed by atoms with Crippen LogP contribution < -0.4 is 5.32 Å². The van der Waals surface area contributed by atoms with Crippen LogP contribution >= 0.6 is 0 Å². The Kier molecular flexibility index (Phi) is 5.55. The average molecular weight is 294 g/mol. The van der Waals surface area contributed by atoms with Crippen molar-refractivity contribution in [2.75, 3.05) is 31.1 Å². The highest BCUT2D eigenvalue weighted by molar-refractivity contribution is 7.91. The van der Waals surface area contributed by atoms with Crippen molar-refractivity contribution in [2.24, 2.45) is 0 Å². The molecule has 0 bridgehead atoms. The highest BCUT2D eigenvalue weighted by Crippen LogP contribution is 2.05. The van der Waals surface area contributed by atoms with E-state index in [4.69, 9.17) is 10.2 Å². The Balaban J connectivity index is 2.35. The highest BCUT2D eigenvalue weighted by Gasteiger charge is 2.22. The van der Waals surface area contributed by atoms with Crippen LogP contribution in [0, 0.1) is 0 Å². The van der Waals surface area contributed by atoms with Gasteiger partial charge in [0.25, 0.3) is 0 Å². The molecule has 0 unspecified atom stereocenters. The number of nitrogens with one attached hydrogen (secondary N) is 1. The highest BCUT2D eigenvalue weighted by atomic mass is 32.2. The third-order valence-electron chi connectivity index (χ3n) is 2.82. The van der Waals surface area contributed by atoms with Crippen molar-refractivity contribution < 1.29 is 28.2 Å². The van der Waals surface area contributed by atoms with Gasteiger partial charge in [0, 0.05) is 26.1 Å². The number of hydrogen-bond donors (Lipinski definition) is 3. The quantitative estimate of drug-likeness (QED) is 0.589. The van der Waals surface area contributed by atoms with E-state index in [2.05, 4.69) is 5.32 Å². The first-order valence-corrected chi connectivity index (χ1v) is 7.78. The Morgan fingerprint density at radius 1 is 1.26 bits per heavy atom. The first-order chi connectivity index (χ1) is 8.82. The molecule has 0 aromatic rings. The molecule has 0 aromatic heterocycles. The Bertz CT molecular complexity index is 435. The van der Waals surface area contributed by atoms with Gasteiger partial charge < -0.3 is 20.4 Å².